The zero-order valence-corrected chi connectivity index (χ0v) is 12.1. The van der Waals surface area contributed by atoms with Crippen LogP contribution in [0.1, 0.15) is 28.3 Å². The third-order valence-corrected chi connectivity index (χ3v) is 4.43. The molecule has 102 valence electrons. The molecule has 2 nitrogen and oxygen atoms in total. The summed E-state index contributed by atoms with van der Waals surface area (Å²) < 4.78 is 13.8. The second-order valence-electron chi connectivity index (χ2n) is 4.68. The molecule has 2 aromatic rings. The van der Waals surface area contributed by atoms with E-state index < -0.39 is 0 Å². The first-order valence-electron chi connectivity index (χ1n) is 6.34. The number of thiophene rings is 1. The molecule has 0 radical (unpaired) electrons. The Labute approximate surface area is 117 Å². The maximum atomic E-state index is 13.8. The molecule has 0 aliphatic heterocycles. The van der Waals surface area contributed by atoms with Crippen LogP contribution in [-0.4, -0.2) is 11.9 Å². The summed E-state index contributed by atoms with van der Waals surface area (Å²) in [4.78, 5) is 4.58. The van der Waals surface area contributed by atoms with E-state index >= 15 is 0 Å². The fraction of sp³-hybridized carbons (Fsp3) is 0.333. The summed E-state index contributed by atoms with van der Waals surface area (Å²) in [5, 5.41) is 0. The summed E-state index contributed by atoms with van der Waals surface area (Å²) in [6.07, 6.45) is 0. The highest BCUT2D eigenvalue weighted by Gasteiger charge is 2.15. The molecule has 1 unspecified atom stereocenters. The molecular weight excluding hydrogens is 259 g/mol. The van der Waals surface area contributed by atoms with Crippen molar-refractivity contribution in [2.75, 3.05) is 7.05 Å². The maximum Gasteiger partial charge on any atom is 0.127 e. The third kappa shape index (κ3) is 3.41. The Morgan fingerprint density at radius 1 is 1.21 bits per heavy atom. The number of rotatable bonds is 5. The maximum absolute atomic E-state index is 13.8. The summed E-state index contributed by atoms with van der Waals surface area (Å²) in [5.41, 5.74) is 6.35. The lowest BCUT2D eigenvalue weighted by molar-refractivity contribution is 0.250. The van der Waals surface area contributed by atoms with Gasteiger partial charge in [-0.05, 0) is 32.2 Å². The molecule has 19 heavy (non-hydrogen) atoms. The van der Waals surface area contributed by atoms with Crippen LogP contribution in [0.4, 0.5) is 4.39 Å². The first-order valence-corrected chi connectivity index (χ1v) is 7.15. The van der Waals surface area contributed by atoms with E-state index in [0.717, 1.165) is 12.1 Å². The second kappa shape index (κ2) is 6.28. The Morgan fingerprint density at radius 3 is 2.53 bits per heavy atom. The lowest BCUT2D eigenvalue weighted by Gasteiger charge is -2.24. The number of nitrogens with zero attached hydrogens (tertiary/aromatic N) is 1. The van der Waals surface area contributed by atoms with Crippen LogP contribution >= 0.6 is 11.3 Å². The molecule has 2 rings (SSSR count). The minimum absolute atomic E-state index is 0.0460. The number of halogens is 1. The zero-order chi connectivity index (χ0) is 13.8. The van der Waals surface area contributed by atoms with Crippen molar-refractivity contribution in [1.29, 1.82) is 0 Å². The lowest BCUT2D eigenvalue weighted by Crippen LogP contribution is -2.22. The van der Waals surface area contributed by atoms with Crippen LogP contribution < -0.4 is 5.73 Å². The van der Waals surface area contributed by atoms with Gasteiger partial charge in [-0.15, -0.1) is 11.3 Å². The predicted octanol–water partition coefficient (Wildman–Crippen LogP) is 3.54. The number of benzene rings is 1. The van der Waals surface area contributed by atoms with Gasteiger partial charge in [-0.25, -0.2) is 4.39 Å². The molecule has 0 saturated carbocycles. The normalized spacial score (nSPS) is 12.9. The standard InChI is InChI=1S/C15H19FN2S/c1-11(14-5-3-4-6-15(14)16)18(2)10-13-8-7-12(9-17)19-13/h3-8,11H,9-10,17H2,1-2H3. The monoisotopic (exact) mass is 278 g/mol. The van der Waals surface area contributed by atoms with Gasteiger partial charge >= 0.3 is 0 Å². The molecule has 0 aliphatic carbocycles. The quantitative estimate of drug-likeness (QED) is 0.906. The van der Waals surface area contributed by atoms with E-state index in [1.165, 1.54) is 15.8 Å². The minimum atomic E-state index is -0.143. The number of hydrogen-bond acceptors (Lipinski definition) is 3. The molecule has 0 aliphatic rings. The molecule has 1 heterocycles. The van der Waals surface area contributed by atoms with Crippen molar-refractivity contribution in [2.45, 2.75) is 26.1 Å². The van der Waals surface area contributed by atoms with Crippen LogP contribution in [0, 0.1) is 5.82 Å². The highest BCUT2D eigenvalue weighted by atomic mass is 32.1. The van der Waals surface area contributed by atoms with E-state index in [4.69, 9.17) is 5.73 Å². The summed E-state index contributed by atoms with van der Waals surface area (Å²) in [6.45, 7) is 3.41. The average molecular weight is 278 g/mol. The summed E-state index contributed by atoms with van der Waals surface area (Å²) in [7, 11) is 2.01. The smallest absolute Gasteiger partial charge is 0.127 e. The van der Waals surface area contributed by atoms with E-state index in [1.807, 2.05) is 26.1 Å². The topological polar surface area (TPSA) is 29.3 Å². The van der Waals surface area contributed by atoms with Gasteiger partial charge < -0.3 is 5.73 Å². The highest BCUT2D eigenvalue weighted by molar-refractivity contribution is 7.11. The van der Waals surface area contributed by atoms with Crippen LogP contribution in [-0.2, 0) is 13.1 Å². The molecule has 1 aromatic heterocycles. The first-order chi connectivity index (χ1) is 9.11. The van der Waals surface area contributed by atoms with Crippen LogP contribution in [0.15, 0.2) is 36.4 Å². The van der Waals surface area contributed by atoms with Gasteiger partial charge in [0.2, 0.25) is 0 Å². The summed E-state index contributed by atoms with van der Waals surface area (Å²) >= 11 is 1.72. The van der Waals surface area contributed by atoms with Crippen molar-refractivity contribution in [1.82, 2.24) is 4.90 Å². The van der Waals surface area contributed by atoms with Crippen molar-refractivity contribution in [3.8, 4) is 0 Å². The third-order valence-electron chi connectivity index (χ3n) is 3.34. The van der Waals surface area contributed by atoms with Gasteiger partial charge in [-0.1, -0.05) is 18.2 Å². The molecular formula is C15H19FN2S. The molecule has 4 heteroatoms. The van der Waals surface area contributed by atoms with E-state index in [9.17, 15) is 4.39 Å². The van der Waals surface area contributed by atoms with Crippen molar-refractivity contribution in [3.63, 3.8) is 0 Å². The largest absolute Gasteiger partial charge is 0.326 e. The van der Waals surface area contributed by atoms with Crippen LogP contribution in [0.5, 0.6) is 0 Å². The van der Waals surface area contributed by atoms with Crippen molar-refractivity contribution in [2.24, 2.45) is 5.73 Å². The molecule has 0 fully saturated rings. The molecule has 0 amide bonds. The Hall–Kier alpha value is -1.23. The molecule has 0 bridgehead atoms. The van der Waals surface area contributed by atoms with E-state index in [-0.39, 0.29) is 11.9 Å². The van der Waals surface area contributed by atoms with Crippen LogP contribution in [0.2, 0.25) is 0 Å². The number of nitrogens with two attached hydrogens (primary N) is 1. The fourth-order valence-corrected chi connectivity index (χ4v) is 3.01. The Bertz CT molecular complexity index is 538. The Morgan fingerprint density at radius 2 is 1.89 bits per heavy atom. The van der Waals surface area contributed by atoms with Gasteiger partial charge in [0.1, 0.15) is 5.82 Å². The first kappa shape index (κ1) is 14.2. The van der Waals surface area contributed by atoms with Gasteiger partial charge in [-0.3, -0.25) is 4.90 Å². The molecule has 0 saturated heterocycles. The SMILES string of the molecule is CC(c1ccccc1F)N(C)Cc1ccc(CN)s1. The second-order valence-corrected chi connectivity index (χ2v) is 5.94. The lowest BCUT2D eigenvalue weighted by atomic mass is 10.1. The minimum Gasteiger partial charge on any atom is -0.326 e. The Balaban J connectivity index is 2.07. The van der Waals surface area contributed by atoms with Gasteiger partial charge in [0.25, 0.3) is 0 Å². The Kier molecular flexibility index (Phi) is 4.69. The molecule has 1 aromatic carbocycles. The molecule has 2 N–H and O–H groups in total. The summed E-state index contributed by atoms with van der Waals surface area (Å²) in [6, 6.07) is 11.1. The average Bonchev–Trinajstić information content (AvgIpc) is 2.86. The van der Waals surface area contributed by atoms with Gasteiger partial charge in [-0.2, -0.15) is 0 Å². The zero-order valence-electron chi connectivity index (χ0n) is 11.3. The van der Waals surface area contributed by atoms with Crippen LogP contribution in [0.25, 0.3) is 0 Å². The van der Waals surface area contributed by atoms with Gasteiger partial charge in [0, 0.05) is 34.4 Å². The van der Waals surface area contributed by atoms with Crippen molar-refractivity contribution >= 4 is 11.3 Å². The fourth-order valence-electron chi connectivity index (χ4n) is 2.05. The molecule has 1 atom stereocenters. The van der Waals surface area contributed by atoms with Gasteiger partial charge in [0.15, 0.2) is 0 Å². The van der Waals surface area contributed by atoms with Crippen LogP contribution in [0.3, 0.4) is 0 Å². The molecule has 0 spiro atoms. The van der Waals surface area contributed by atoms with Gasteiger partial charge in [0.05, 0.1) is 0 Å². The summed E-state index contributed by atoms with van der Waals surface area (Å²) in [5.74, 6) is -0.143. The highest BCUT2D eigenvalue weighted by Crippen LogP contribution is 2.25. The van der Waals surface area contributed by atoms with E-state index in [1.54, 1.807) is 17.4 Å². The van der Waals surface area contributed by atoms with E-state index in [2.05, 4.69) is 17.0 Å². The van der Waals surface area contributed by atoms with Crippen molar-refractivity contribution < 1.29 is 4.39 Å². The predicted molar refractivity (Wildman–Crippen MR) is 78.5 cm³/mol. The van der Waals surface area contributed by atoms with E-state index in [0.29, 0.717) is 6.54 Å². The number of hydrogen-bond donors (Lipinski definition) is 1. The van der Waals surface area contributed by atoms with Crippen molar-refractivity contribution in [3.05, 3.63) is 57.5 Å².